The van der Waals surface area contributed by atoms with Gasteiger partial charge in [0.25, 0.3) is 0 Å². The second-order valence-corrected chi connectivity index (χ2v) is 7.07. The predicted molar refractivity (Wildman–Crippen MR) is 82.1 cm³/mol. The Kier molecular flexibility index (Phi) is 6.79. The first-order chi connectivity index (χ1) is 9.79. The highest BCUT2D eigenvalue weighted by Gasteiger charge is 2.20. The second-order valence-electron chi connectivity index (χ2n) is 4.48. The average molecular weight is 380 g/mol. The zero-order valence-corrected chi connectivity index (χ0v) is 14.3. The molecule has 0 saturated carbocycles. The van der Waals surface area contributed by atoms with E-state index in [2.05, 4.69) is 20.7 Å². The lowest BCUT2D eigenvalue weighted by Gasteiger charge is -2.11. The first kappa shape index (κ1) is 18.1. The van der Waals surface area contributed by atoms with Crippen LogP contribution in [0.3, 0.4) is 0 Å². The van der Waals surface area contributed by atoms with E-state index in [0.717, 1.165) is 6.42 Å². The van der Waals surface area contributed by atoms with Gasteiger partial charge in [0.2, 0.25) is 10.0 Å². The van der Waals surface area contributed by atoms with E-state index in [1.165, 1.54) is 12.1 Å². The molecule has 0 aliphatic heterocycles. The SMILES string of the molecule is COCCCCNS(=O)(=O)c1cc(C(=O)O)cc(Br)c1C. The number of halogens is 1. The molecule has 0 bridgehead atoms. The quantitative estimate of drug-likeness (QED) is 0.675. The molecule has 118 valence electrons. The Morgan fingerprint density at radius 3 is 2.62 bits per heavy atom. The molecule has 21 heavy (non-hydrogen) atoms. The van der Waals surface area contributed by atoms with Crippen molar-refractivity contribution in [2.75, 3.05) is 20.3 Å². The molecule has 0 spiro atoms. The number of hydrogen-bond donors (Lipinski definition) is 2. The Morgan fingerprint density at radius 1 is 1.38 bits per heavy atom. The number of nitrogens with one attached hydrogen (secondary N) is 1. The number of unbranched alkanes of at least 4 members (excludes halogenated alkanes) is 1. The summed E-state index contributed by atoms with van der Waals surface area (Å²) in [5, 5.41) is 9.01. The zero-order valence-electron chi connectivity index (χ0n) is 11.8. The van der Waals surface area contributed by atoms with Gasteiger partial charge in [-0.2, -0.15) is 0 Å². The Labute approximate surface area is 132 Å². The average Bonchev–Trinajstić information content (AvgIpc) is 2.40. The van der Waals surface area contributed by atoms with Gasteiger partial charge >= 0.3 is 5.97 Å². The number of hydrogen-bond acceptors (Lipinski definition) is 4. The molecule has 8 heteroatoms. The highest BCUT2D eigenvalue weighted by Crippen LogP contribution is 2.25. The van der Waals surface area contributed by atoms with Crippen LogP contribution in [0.25, 0.3) is 0 Å². The largest absolute Gasteiger partial charge is 0.478 e. The molecule has 0 saturated heterocycles. The molecule has 0 unspecified atom stereocenters. The van der Waals surface area contributed by atoms with Gasteiger partial charge in [0.05, 0.1) is 10.5 Å². The molecule has 0 aliphatic rings. The van der Waals surface area contributed by atoms with Crippen LogP contribution in [0.2, 0.25) is 0 Å². The van der Waals surface area contributed by atoms with E-state index >= 15 is 0 Å². The van der Waals surface area contributed by atoms with Crippen LogP contribution in [0, 0.1) is 6.92 Å². The molecule has 1 aromatic carbocycles. The summed E-state index contributed by atoms with van der Waals surface area (Å²) in [6.07, 6.45) is 1.39. The van der Waals surface area contributed by atoms with Crippen molar-refractivity contribution in [3.8, 4) is 0 Å². The molecule has 6 nitrogen and oxygen atoms in total. The summed E-state index contributed by atoms with van der Waals surface area (Å²) >= 11 is 3.19. The molecule has 0 amide bonds. The first-order valence-electron chi connectivity index (χ1n) is 6.31. The fraction of sp³-hybridized carbons (Fsp3) is 0.462. The summed E-state index contributed by atoms with van der Waals surface area (Å²) in [6.45, 7) is 2.47. The molecule has 1 rings (SSSR count). The van der Waals surface area contributed by atoms with Crippen LogP contribution in [0.15, 0.2) is 21.5 Å². The third-order valence-corrected chi connectivity index (χ3v) is 5.31. The van der Waals surface area contributed by atoms with E-state index in [0.29, 0.717) is 23.1 Å². The molecule has 1 aromatic rings. The second kappa shape index (κ2) is 7.88. The summed E-state index contributed by atoms with van der Waals surface area (Å²) in [5.74, 6) is -1.17. The molecule has 0 aromatic heterocycles. The number of carboxylic acid groups (broad SMARTS) is 1. The van der Waals surface area contributed by atoms with Gasteiger partial charge in [-0.25, -0.2) is 17.9 Å². The van der Waals surface area contributed by atoms with Gasteiger partial charge in [-0.15, -0.1) is 0 Å². The fourth-order valence-corrected chi connectivity index (χ4v) is 3.67. The Balaban J connectivity index is 2.94. The topological polar surface area (TPSA) is 92.7 Å². The summed E-state index contributed by atoms with van der Waals surface area (Å²) in [7, 11) is -2.16. The van der Waals surface area contributed by atoms with E-state index in [-0.39, 0.29) is 17.0 Å². The maximum Gasteiger partial charge on any atom is 0.335 e. The van der Waals surface area contributed by atoms with Gasteiger partial charge in [-0.05, 0) is 37.5 Å². The van der Waals surface area contributed by atoms with Crippen LogP contribution < -0.4 is 4.72 Å². The van der Waals surface area contributed by atoms with E-state index in [4.69, 9.17) is 9.84 Å². The van der Waals surface area contributed by atoms with Gasteiger partial charge in [0.15, 0.2) is 0 Å². The number of ether oxygens (including phenoxy) is 1. The van der Waals surface area contributed by atoms with E-state index in [1.807, 2.05) is 0 Å². The van der Waals surface area contributed by atoms with Gasteiger partial charge in [0, 0.05) is 24.7 Å². The van der Waals surface area contributed by atoms with Crippen molar-refractivity contribution in [3.63, 3.8) is 0 Å². The molecule has 2 N–H and O–H groups in total. The zero-order chi connectivity index (χ0) is 16.0. The van der Waals surface area contributed by atoms with Crippen molar-refractivity contribution >= 4 is 31.9 Å². The van der Waals surface area contributed by atoms with Gasteiger partial charge in [-0.3, -0.25) is 0 Å². The lowest BCUT2D eigenvalue weighted by molar-refractivity contribution is 0.0696. The molecular formula is C13H18BrNO5S. The maximum atomic E-state index is 12.3. The number of carboxylic acids is 1. The highest BCUT2D eigenvalue weighted by molar-refractivity contribution is 9.10. The third kappa shape index (κ3) is 5.06. The first-order valence-corrected chi connectivity index (χ1v) is 8.59. The lowest BCUT2D eigenvalue weighted by atomic mass is 10.1. The Bertz CT molecular complexity index is 615. The Morgan fingerprint density at radius 2 is 2.05 bits per heavy atom. The number of carbonyl (C=O) groups is 1. The van der Waals surface area contributed by atoms with Gasteiger partial charge in [-0.1, -0.05) is 15.9 Å². The minimum atomic E-state index is -3.74. The van der Waals surface area contributed by atoms with Crippen LogP contribution in [-0.2, 0) is 14.8 Å². The molecule has 0 atom stereocenters. The van der Waals surface area contributed by atoms with E-state index in [1.54, 1.807) is 14.0 Å². The van der Waals surface area contributed by atoms with Crippen LogP contribution in [0.5, 0.6) is 0 Å². The van der Waals surface area contributed by atoms with Crippen LogP contribution in [0.1, 0.15) is 28.8 Å². The minimum absolute atomic E-state index is 0.0268. The summed E-state index contributed by atoms with van der Waals surface area (Å²) in [5.41, 5.74) is 0.400. The van der Waals surface area contributed by atoms with E-state index in [9.17, 15) is 13.2 Å². The number of rotatable bonds is 8. The Hall–Kier alpha value is -0.960. The number of aromatic carboxylic acids is 1. The van der Waals surface area contributed by atoms with Gasteiger partial charge < -0.3 is 9.84 Å². The van der Waals surface area contributed by atoms with Crippen molar-refractivity contribution in [3.05, 3.63) is 27.7 Å². The smallest absolute Gasteiger partial charge is 0.335 e. The molecule has 0 heterocycles. The monoisotopic (exact) mass is 379 g/mol. The normalized spacial score (nSPS) is 11.6. The third-order valence-electron chi connectivity index (χ3n) is 2.90. The number of sulfonamides is 1. The minimum Gasteiger partial charge on any atom is -0.478 e. The summed E-state index contributed by atoms with van der Waals surface area (Å²) < 4.78 is 32.3. The molecule has 0 fully saturated rings. The van der Waals surface area contributed by atoms with Crippen molar-refractivity contribution in [2.24, 2.45) is 0 Å². The van der Waals surface area contributed by atoms with Crippen molar-refractivity contribution in [1.82, 2.24) is 4.72 Å². The summed E-state index contributed by atoms with van der Waals surface area (Å²) in [4.78, 5) is 11.0. The van der Waals surface area contributed by atoms with Crippen molar-refractivity contribution in [1.29, 1.82) is 0 Å². The molecule has 0 aliphatic carbocycles. The van der Waals surface area contributed by atoms with Crippen LogP contribution >= 0.6 is 15.9 Å². The number of benzene rings is 1. The van der Waals surface area contributed by atoms with Crippen LogP contribution in [0.4, 0.5) is 0 Å². The fourth-order valence-electron chi connectivity index (χ4n) is 1.71. The summed E-state index contributed by atoms with van der Waals surface area (Å²) in [6, 6.07) is 2.55. The maximum absolute atomic E-state index is 12.3. The van der Waals surface area contributed by atoms with E-state index < -0.39 is 16.0 Å². The number of methoxy groups -OCH3 is 1. The van der Waals surface area contributed by atoms with Crippen molar-refractivity contribution < 1.29 is 23.1 Å². The molecule has 0 radical (unpaired) electrons. The standard InChI is InChI=1S/C13H18BrNO5S/c1-9-11(14)7-10(13(16)17)8-12(9)21(18,19)15-5-3-4-6-20-2/h7-8,15H,3-6H2,1-2H3,(H,16,17). The lowest BCUT2D eigenvalue weighted by Crippen LogP contribution is -2.26. The molecular weight excluding hydrogens is 362 g/mol. The van der Waals surface area contributed by atoms with Gasteiger partial charge in [0.1, 0.15) is 0 Å². The van der Waals surface area contributed by atoms with Crippen LogP contribution in [-0.4, -0.2) is 39.8 Å². The predicted octanol–water partition coefficient (Wildman–Crippen LogP) is 2.16. The highest BCUT2D eigenvalue weighted by atomic mass is 79.9. The van der Waals surface area contributed by atoms with Crippen molar-refractivity contribution in [2.45, 2.75) is 24.7 Å².